The van der Waals surface area contributed by atoms with E-state index in [9.17, 15) is 9.90 Å². The van der Waals surface area contributed by atoms with Crippen molar-refractivity contribution in [3.63, 3.8) is 0 Å². The Hall–Kier alpha value is -1.44. The molecule has 2 heterocycles. The van der Waals surface area contributed by atoms with Gasteiger partial charge in [0.05, 0.1) is 12.6 Å². The summed E-state index contributed by atoms with van der Waals surface area (Å²) in [5.41, 5.74) is -0.268. The number of hydrogen-bond donors (Lipinski definition) is 3. The molecule has 2 atom stereocenters. The molecule has 2 unspecified atom stereocenters. The fourth-order valence-electron chi connectivity index (χ4n) is 1.92. The number of nitrogens with zero attached hydrogens (tertiary/aromatic N) is 1. The van der Waals surface area contributed by atoms with Gasteiger partial charge in [0.25, 0.3) is 0 Å². The van der Waals surface area contributed by atoms with Crippen LogP contribution in [-0.4, -0.2) is 22.7 Å². The van der Waals surface area contributed by atoms with Gasteiger partial charge < -0.3 is 15.7 Å². The van der Waals surface area contributed by atoms with Crippen molar-refractivity contribution >= 4 is 28.7 Å². The summed E-state index contributed by atoms with van der Waals surface area (Å²) in [6, 6.07) is 1.39. The Balaban J connectivity index is 1.85. The monoisotopic (exact) mass is 339 g/mol. The normalized spacial score (nSPS) is 15.1. The van der Waals surface area contributed by atoms with E-state index in [-0.39, 0.29) is 18.6 Å². The molecule has 0 aliphatic carbocycles. The molecule has 120 valence electrons. The third kappa shape index (κ3) is 4.28. The number of nitrogens with one attached hydrogen (secondary N) is 2. The molecule has 5 nitrogen and oxygen atoms in total. The van der Waals surface area contributed by atoms with Crippen LogP contribution in [0.3, 0.4) is 0 Å². The largest absolute Gasteiger partial charge is 0.384 e. The van der Waals surface area contributed by atoms with Gasteiger partial charge in [0.2, 0.25) is 0 Å². The van der Waals surface area contributed by atoms with Crippen molar-refractivity contribution in [1.29, 1.82) is 0 Å². The highest BCUT2D eigenvalue weighted by Gasteiger charge is 2.24. The average Bonchev–Trinajstić information content (AvgIpc) is 3.16. The van der Waals surface area contributed by atoms with Gasteiger partial charge in [-0.3, -0.25) is 0 Å². The van der Waals surface area contributed by atoms with Gasteiger partial charge >= 0.3 is 6.03 Å². The first-order valence-electron chi connectivity index (χ1n) is 7.16. The number of carbonyl (C=O) groups excluding carboxylic acids is 1. The number of amides is 2. The predicted molar refractivity (Wildman–Crippen MR) is 90.3 cm³/mol. The maximum Gasteiger partial charge on any atom is 0.315 e. The Bertz CT molecular complexity index is 608. The first kappa shape index (κ1) is 16.9. The van der Waals surface area contributed by atoms with Crippen molar-refractivity contribution in [2.24, 2.45) is 0 Å². The minimum absolute atomic E-state index is 0.153. The topological polar surface area (TPSA) is 74.2 Å². The maximum atomic E-state index is 12.0. The Morgan fingerprint density at radius 2 is 2.32 bits per heavy atom. The van der Waals surface area contributed by atoms with E-state index in [1.165, 1.54) is 16.2 Å². The van der Waals surface area contributed by atoms with E-state index < -0.39 is 5.60 Å². The summed E-state index contributed by atoms with van der Waals surface area (Å²) in [5, 5.41) is 20.6. The Labute approximate surface area is 138 Å². The minimum Gasteiger partial charge on any atom is -0.384 e. The van der Waals surface area contributed by atoms with Crippen molar-refractivity contribution in [2.45, 2.75) is 38.8 Å². The second kappa shape index (κ2) is 7.21. The van der Waals surface area contributed by atoms with Gasteiger partial charge in [0.15, 0.2) is 0 Å². The molecule has 0 bridgehead atoms. The number of hydrogen-bond acceptors (Lipinski definition) is 5. The van der Waals surface area contributed by atoms with E-state index >= 15 is 0 Å². The molecule has 0 aromatic carbocycles. The molecule has 0 spiro atoms. The van der Waals surface area contributed by atoms with E-state index in [0.29, 0.717) is 0 Å². The predicted octanol–water partition coefficient (Wildman–Crippen LogP) is 3.03. The summed E-state index contributed by atoms with van der Waals surface area (Å²) in [6.07, 6.45) is 2.79. The molecule has 2 amide bonds. The number of aryl methyl sites for hydroxylation is 1. The second-order valence-electron chi connectivity index (χ2n) is 5.35. The number of rotatable bonds is 6. The van der Waals surface area contributed by atoms with Crippen LogP contribution >= 0.6 is 22.7 Å². The average molecular weight is 339 g/mol. The molecule has 2 aromatic heterocycles. The van der Waals surface area contributed by atoms with E-state index in [0.717, 1.165) is 17.0 Å². The zero-order valence-corrected chi connectivity index (χ0v) is 14.6. The van der Waals surface area contributed by atoms with Gasteiger partial charge in [-0.05, 0) is 42.7 Å². The van der Waals surface area contributed by atoms with Crippen molar-refractivity contribution in [1.82, 2.24) is 15.6 Å². The van der Waals surface area contributed by atoms with Gasteiger partial charge in [-0.1, -0.05) is 6.92 Å². The van der Waals surface area contributed by atoms with Gasteiger partial charge in [0, 0.05) is 11.1 Å². The van der Waals surface area contributed by atoms with Gasteiger partial charge in [-0.15, -0.1) is 11.3 Å². The van der Waals surface area contributed by atoms with E-state index in [2.05, 4.69) is 22.5 Å². The summed E-state index contributed by atoms with van der Waals surface area (Å²) < 4.78 is 0. The molecule has 0 aliphatic heterocycles. The van der Waals surface area contributed by atoms with Crippen LogP contribution in [0, 0.1) is 0 Å². The van der Waals surface area contributed by atoms with Crippen LogP contribution in [0.4, 0.5) is 4.79 Å². The van der Waals surface area contributed by atoms with Crippen LogP contribution in [0.2, 0.25) is 0 Å². The lowest BCUT2D eigenvalue weighted by molar-refractivity contribution is 0.0597. The zero-order chi connectivity index (χ0) is 16.2. The molecule has 2 aromatic rings. The molecule has 0 saturated heterocycles. The number of urea groups is 1. The first-order chi connectivity index (χ1) is 10.4. The minimum atomic E-state index is -1.07. The lowest BCUT2D eigenvalue weighted by Gasteiger charge is -2.23. The van der Waals surface area contributed by atoms with Crippen molar-refractivity contribution in [3.8, 4) is 0 Å². The molecule has 2 rings (SSSR count). The molecule has 0 aliphatic rings. The third-order valence-corrected chi connectivity index (χ3v) is 5.38. The fourth-order valence-corrected chi connectivity index (χ4v) is 3.56. The molecular weight excluding hydrogens is 318 g/mol. The Kier molecular flexibility index (Phi) is 5.55. The van der Waals surface area contributed by atoms with Crippen LogP contribution in [0.5, 0.6) is 0 Å². The van der Waals surface area contributed by atoms with E-state index in [1.54, 1.807) is 18.3 Å². The van der Waals surface area contributed by atoms with Crippen LogP contribution in [-0.2, 0) is 12.0 Å². The van der Waals surface area contributed by atoms with Crippen LogP contribution < -0.4 is 10.6 Å². The summed E-state index contributed by atoms with van der Waals surface area (Å²) in [4.78, 5) is 17.5. The second-order valence-corrected chi connectivity index (χ2v) is 7.28. The first-order valence-corrected chi connectivity index (χ1v) is 8.92. The van der Waals surface area contributed by atoms with Gasteiger partial charge in [0.1, 0.15) is 10.6 Å². The molecular formula is C15H21N3O2S2. The Morgan fingerprint density at radius 1 is 1.55 bits per heavy atom. The molecule has 0 radical (unpaired) electrons. The Morgan fingerprint density at radius 3 is 2.91 bits per heavy atom. The molecule has 0 fully saturated rings. The summed E-state index contributed by atoms with van der Waals surface area (Å²) >= 11 is 3.12. The molecule has 7 heteroatoms. The molecule has 3 N–H and O–H groups in total. The fraction of sp³-hybridized carbons (Fsp3) is 0.467. The van der Waals surface area contributed by atoms with Crippen LogP contribution in [0.15, 0.2) is 23.0 Å². The van der Waals surface area contributed by atoms with Crippen molar-refractivity contribution in [2.75, 3.05) is 6.54 Å². The van der Waals surface area contributed by atoms with E-state index in [4.69, 9.17) is 0 Å². The maximum absolute atomic E-state index is 12.0. The number of thiophene rings is 1. The van der Waals surface area contributed by atoms with Crippen molar-refractivity contribution in [3.05, 3.63) is 38.5 Å². The summed E-state index contributed by atoms with van der Waals surface area (Å²) in [6.45, 7) is 5.82. The van der Waals surface area contributed by atoms with Crippen LogP contribution in [0.25, 0.3) is 0 Å². The summed E-state index contributed by atoms with van der Waals surface area (Å²) in [7, 11) is 0. The standard InChI is InChI=1S/C15H21N3O2S2/c1-4-12-7-16-13(22-12)10(2)18-14(19)17-9-15(3,20)11-5-6-21-8-11/h5-8,10,20H,4,9H2,1-3H3,(H2,17,18,19). The van der Waals surface area contributed by atoms with Crippen molar-refractivity contribution < 1.29 is 9.90 Å². The van der Waals surface area contributed by atoms with E-state index in [1.807, 2.05) is 29.9 Å². The zero-order valence-electron chi connectivity index (χ0n) is 12.9. The summed E-state index contributed by atoms with van der Waals surface area (Å²) in [5.74, 6) is 0. The lowest BCUT2D eigenvalue weighted by atomic mass is 9.99. The third-order valence-electron chi connectivity index (χ3n) is 3.37. The molecule has 22 heavy (non-hydrogen) atoms. The van der Waals surface area contributed by atoms with Gasteiger partial charge in [-0.2, -0.15) is 11.3 Å². The smallest absolute Gasteiger partial charge is 0.315 e. The number of aromatic nitrogens is 1. The lowest BCUT2D eigenvalue weighted by Crippen LogP contribution is -2.44. The number of thiazole rings is 1. The highest BCUT2D eigenvalue weighted by molar-refractivity contribution is 7.11. The number of carbonyl (C=O) groups is 1. The quantitative estimate of drug-likeness (QED) is 0.757. The van der Waals surface area contributed by atoms with Crippen LogP contribution in [0.1, 0.15) is 42.3 Å². The number of aliphatic hydroxyl groups is 1. The highest BCUT2D eigenvalue weighted by atomic mass is 32.1. The molecule has 0 saturated carbocycles. The highest BCUT2D eigenvalue weighted by Crippen LogP contribution is 2.22. The SMILES string of the molecule is CCc1cnc(C(C)NC(=O)NCC(C)(O)c2ccsc2)s1. The van der Waals surface area contributed by atoms with Gasteiger partial charge in [-0.25, -0.2) is 9.78 Å².